The molecule has 2 nitrogen and oxygen atoms in total. The summed E-state index contributed by atoms with van der Waals surface area (Å²) in [4.78, 5) is 4.11. The highest BCUT2D eigenvalue weighted by Crippen LogP contribution is 2.23. The number of hydrogen-bond acceptors (Lipinski definition) is 2. The Morgan fingerprint density at radius 2 is 1.72 bits per heavy atom. The number of anilines is 1. The highest BCUT2D eigenvalue weighted by atomic mass is 14.8. The van der Waals surface area contributed by atoms with Crippen LogP contribution in [0.4, 0.5) is 5.82 Å². The maximum Gasteiger partial charge on any atom is 0.126 e. The molecule has 2 aromatic rings. The number of nitrogens with zero attached hydrogens (tertiary/aromatic N) is 1. The molecule has 18 heavy (non-hydrogen) atoms. The van der Waals surface area contributed by atoms with Crippen LogP contribution in [0, 0.1) is 0 Å². The van der Waals surface area contributed by atoms with Crippen molar-refractivity contribution in [2.45, 2.75) is 32.6 Å². The van der Waals surface area contributed by atoms with Gasteiger partial charge in [0.15, 0.2) is 0 Å². The van der Waals surface area contributed by atoms with Gasteiger partial charge in [0, 0.05) is 12.6 Å². The van der Waals surface area contributed by atoms with Crippen LogP contribution in [0.5, 0.6) is 0 Å². The zero-order valence-electron chi connectivity index (χ0n) is 11.3. The number of rotatable bonds is 2. The smallest absolute Gasteiger partial charge is 0.126 e. The van der Waals surface area contributed by atoms with E-state index in [9.17, 15) is 0 Å². The Kier molecular flexibility index (Phi) is 3.37. The zero-order chi connectivity index (χ0) is 13.2. The summed E-state index contributed by atoms with van der Waals surface area (Å²) in [6.07, 6.45) is 2.56. The Labute approximate surface area is 109 Å². The molecule has 0 amide bonds. The molecule has 0 aliphatic rings. The van der Waals surface area contributed by atoms with Crippen molar-refractivity contribution in [1.82, 2.24) is 4.98 Å². The van der Waals surface area contributed by atoms with E-state index in [1.165, 1.54) is 11.1 Å². The number of pyridine rings is 1. The second-order valence-corrected chi connectivity index (χ2v) is 5.67. The molecule has 0 spiro atoms. The molecular formula is C16H20N2. The van der Waals surface area contributed by atoms with Gasteiger partial charge in [0.25, 0.3) is 0 Å². The van der Waals surface area contributed by atoms with Crippen LogP contribution in [0.2, 0.25) is 0 Å². The first kappa shape index (κ1) is 12.6. The molecule has 0 saturated heterocycles. The van der Waals surface area contributed by atoms with Crippen LogP contribution < -0.4 is 5.73 Å². The molecule has 0 atom stereocenters. The van der Waals surface area contributed by atoms with Crippen molar-refractivity contribution < 1.29 is 0 Å². The Morgan fingerprint density at radius 1 is 1.06 bits per heavy atom. The molecule has 0 saturated carbocycles. The van der Waals surface area contributed by atoms with Crippen molar-refractivity contribution >= 4 is 5.82 Å². The zero-order valence-corrected chi connectivity index (χ0v) is 11.3. The van der Waals surface area contributed by atoms with Crippen molar-refractivity contribution in [2.24, 2.45) is 0 Å². The molecular weight excluding hydrogens is 220 g/mol. The number of nitrogen functional groups attached to an aromatic ring is 1. The maximum absolute atomic E-state index is 5.86. The summed E-state index contributed by atoms with van der Waals surface area (Å²) < 4.78 is 0. The van der Waals surface area contributed by atoms with E-state index in [0.29, 0.717) is 5.82 Å². The van der Waals surface area contributed by atoms with E-state index in [1.807, 2.05) is 12.1 Å². The predicted molar refractivity (Wildman–Crippen MR) is 76.6 cm³/mol. The topological polar surface area (TPSA) is 38.9 Å². The van der Waals surface area contributed by atoms with Crippen LogP contribution in [-0.4, -0.2) is 4.98 Å². The minimum atomic E-state index is 0.200. The predicted octanol–water partition coefficient (Wildman–Crippen LogP) is 3.55. The van der Waals surface area contributed by atoms with Gasteiger partial charge in [-0.1, -0.05) is 51.1 Å². The van der Waals surface area contributed by atoms with Gasteiger partial charge >= 0.3 is 0 Å². The van der Waals surface area contributed by atoms with E-state index < -0.39 is 0 Å². The fourth-order valence-electron chi connectivity index (χ4n) is 1.94. The second-order valence-electron chi connectivity index (χ2n) is 5.67. The summed E-state index contributed by atoms with van der Waals surface area (Å²) in [5.74, 6) is 0.623. The number of aromatic nitrogens is 1. The Hall–Kier alpha value is -1.83. The van der Waals surface area contributed by atoms with Gasteiger partial charge in [0.1, 0.15) is 5.82 Å². The molecule has 0 aliphatic heterocycles. The summed E-state index contributed by atoms with van der Waals surface area (Å²) in [6.45, 7) is 6.67. The van der Waals surface area contributed by atoms with Crippen LogP contribution in [0.3, 0.4) is 0 Å². The monoisotopic (exact) mass is 240 g/mol. The fraction of sp³-hybridized carbons (Fsp3) is 0.312. The fourth-order valence-corrected chi connectivity index (χ4v) is 1.94. The molecule has 1 aromatic heterocycles. The maximum atomic E-state index is 5.86. The second kappa shape index (κ2) is 4.81. The molecule has 94 valence electrons. The van der Waals surface area contributed by atoms with E-state index in [0.717, 1.165) is 12.0 Å². The third-order valence-corrected chi connectivity index (χ3v) is 3.14. The molecule has 0 radical (unpaired) electrons. The van der Waals surface area contributed by atoms with Gasteiger partial charge in [-0.2, -0.15) is 0 Å². The first-order chi connectivity index (χ1) is 8.47. The summed E-state index contributed by atoms with van der Waals surface area (Å²) in [5.41, 5.74) is 9.76. The van der Waals surface area contributed by atoms with Gasteiger partial charge in [0.2, 0.25) is 0 Å². The van der Waals surface area contributed by atoms with Gasteiger partial charge in [-0.3, -0.25) is 0 Å². The molecule has 1 aromatic carbocycles. The van der Waals surface area contributed by atoms with Gasteiger partial charge in [-0.05, 0) is 28.2 Å². The third kappa shape index (κ3) is 2.89. The molecule has 2 heteroatoms. The van der Waals surface area contributed by atoms with Crippen LogP contribution in [-0.2, 0) is 11.8 Å². The van der Waals surface area contributed by atoms with Crippen molar-refractivity contribution in [1.29, 1.82) is 0 Å². The van der Waals surface area contributed by atoms with E-state index in [-0.39, 0.29) is 5.41 Å². The van der Waals surface area contributed by atoms with Crippen LogP contribution in [0.25, 0.3) is 0 Å². The van der Waals surface area contributed by atoms with Gasteiger partial charge in [-0.15, -0.1) is 0 Å². The average molecular weight is 240 g/mol. The Bertz CT molecular complexity index is 522. The molecule has 0 fully saturated rings. The molecule has 1 heterocycles. The Morgan fingerprint density at radius 3 is 2.28 bits per heavy atom. The minimum Gasteiger partial charge on any atom is -0.383 e. The largest absolute Gasteiger partial charge is 0.383 e. The lowest BCUT2D eigenvalue weighted by molar-refractivity contribution is 0.590. The van der Waals surface area contributed by atoms with Crippen LogP contribution in [0.15, 0.2) is 42.6 Å². The van der Waals surface area contributed by atoms with E-state index in [4.69, 9.17) is 5.73 Å². The highest BCUT2D eigenvalue weighted by molar-refractivity contribution is 5.42. The average Bonchev–Trinajstić information content (AvgIpc) is 2.32. The minimum absolute atomic E-state index is 0.200. The van der Waals surface area contributed by atoms with Crippen molar-refractivity contribution in [3.63, 3.8) is 0 Å². The quantitative estimate of drug-likeness (QED) is 0.871. The Balaban J connectivity index is 2.19. The molecule has 0 unspecified atom stereocenters. The number of nitrogens with two attached hydrogens (primary N) is 1. The lowest BCUT2D eigenvalue weighted by Gasteiger charge is -2.19. The standard InChI is InChI=1S/C16H20N2/c1-16(2,3)14-8-6-12(7-9-14)11-13-5-4-10-18-15(13)17/h4-10H,11H2,1-3H3,(H2,17,18). The van der Waals surface area contributed by atoms with Crippen molar-refractivity contribution in [3.05, 3.63) is 59.3 Å². The lowest BCUT2D eigenvalue weighted by Crippen LogP contribution is -2.10. The SMILES string of the molecule is CC(C)(C)c1ccc(Cc2cccnc2N)cc1. The van der Waals surface area contributed by atoms with Gasteiger partial charge in [-0.25, -0.2) is 4.98 Å². The normalized spacial score (nSPS) is 11.5. The summed E-state index contributed by atoms with van der Waals surface area (Å²) in [5, 5.41) is 0. The summed E-state index contributed by atoms with van der Waals surface area (Å²) >= 11 is 0. The van der Waals surface area contributed by atoms with E-state index in [2.05, 4.69) is 50.0 Å². The molecule has 2 N–H and O–H groups in total. The molecule has 0 aliphatic carbocycles. The first-order valence-corrected chi connectivity index (χ1v) is 6.25. The van der Waals surface area contributed by atoms with Crippen molar-refractivity contribution in [3.8, 4) is 0 Å². The highest BCUT2D eigenvalue weighted by Gasteiger charge is 2.12. The summed E-state index contributed by atoms with van der Waals surface area (Å²) in [7, 11) is 0. The summed E-state index contributed by atoms with van der Waals surface area (Å²) in [6, 6.07) is 12.7. The first-order valence-electron chi connectivity index (χ1n) is 6.25. The van der Waals surface area contributed by atoms with Gasteiger partial charge in [0.05, 0.1) is 0 Å². The van der Waals surface area contributed by atoms with E-state index in [1.54, 1.807) is 6.20 Å². The number of benzene rings is 1. The van der Waals surface area contributed by atoms with Crippen LogP contribution in [0.1, 0.15) is 37.5 Å². The van der Waals surface area contributed by atoms with Crippen molar-refractivity contribution in [2.75, 3.05) is 5.73 Å². The lowest BCUT2D eigenvalue weighted by atomic mass is 9.86. The number of hydrogen-bond donors (Lipinski definition) is 1. The third-order valence-electron chi connectivity index (χ3n) is 3.14. The van der Waals surface area contributed by atoms with Crippen LogP contribution >= 0.6 is 0 Å². The van der Waals surface area contributed by atoms with Gasteiger partial charge < -0.3 is 5.73 Å². The molecule has 2 rings (SSSR count). The van der Waals surface area contributed by atoms with E-state index >= 15 is 0 Å². The molecule has 0 bridgehead atoms.